The number of methoxy groups -OCH3 is 2. The molecule has 1 fully saturated rings. The topological polar surface area (TPSA) is 50.8 Å². The maximum absolute atomic E-state index is 12.1. The molecule has 1 aliphatic heterocycles. The third kappa shape index (κ3) is 4.66. The zero-order valence-corrected chi connectivity index (χ0v) is 15.1. The van der Waals surface area contributed by atoms with Gasteiger partial charge in [-0.2, -0.15) is 0 Å². The Hall–Kier alpha value is -2.17. The molecule has 5 nitrogen and oxygen atoms in total. The number of carbonyl (C=O) groups excluding carboxylic acids is 1. The van der Waals surface area contributed by atoms with E-state index in [1.165, 1.54) is 0 Å². The van der Waals surface area contributed by atoms with Gasteiger partial charge in [-0.05, 0) is 26.2 Å². The van der Waals surface area contributed by atoms with E-state index in [1.54, 1.807) is 14.2 Å². The smallest absolute Gasteiger partial charge is 0.246 e. The third-order valence-corrected chi connectivity index (χ3v) is 4.40. The molecule has 1 aliphatic rings. The Morgan fingerprint density at radius 3 is 2.29 bits per heavy atom. The van der Waals surface area contributed by atoms with Crippen molar-refractivity contribution in [2.45, 2.75) is 39.2 Å². The van der Waals surface area contributed by atoms with Gasteiger partial charge < -0.3 is 19.7 Å². The van der Waals surface area contributed by atoms with Crippen LogP contribution in [-0.2, 0) is 4.79 Å². The average molecular weight is 332 g/mol. The summed E-state index contributed by atoms with van der Waals surface area (Å²) in [5, 5.41) is 3.14. The van der Waals surface area contributed by atoms with Crippen molar-refractivity contribution in [1.82, 2.24) is 5.32 Å². The third-order valence-electron chi connectivity index (χ3n) is 4.40. The number of ether oxygens (including phenoxy) is 2. The first-order valence-electron chi connectivity index (χ1n) is 8.53. The van der Waals surface area contributed by atoms with Gasteiger partial charge in [-0.1, -0.05) is 13.0 Å². The van der Waals surface area contributed by atoms with Crippen LogP contribution in [0.25, 0.3) is 0 Å². The summed E-state index contributed by atoms with van der Waals surface area (Å²) in [5.41, 5.74) is 1.90. The highest BCUT2D eigenvalue weighted by Crippen LogP contribution is 2.30. The van der Waals surface area contributed by atoms with Crippen LogP contribution in [0.2, 0.25) is 0 Å². The molecule has 1 heterocycles. The Morgan fingerprint density at radius 1 is 1.21 bits per heavy atom. The molecule has 1 aromatic carbocycles. The molecule has 0 bridgehead atoms. The summed E-state index contributed by atoms with van der Waals surface area (Å²) in [5.74, 6) is 1.64. The SMILES string of the molecule is CCC=C(C)C(=O)NC1CCN(c2cc(OC)cc(OC)c2)CC1. The highest BCUT2D eigenvalue weighted by atomic mass is 16.5. The molecule has 0 unspecified atom stereocenters. The van der Waals surface area contributed by atoms with Crippen LogP contribution in [0.4, 0.5) is 5.69 Å². The van der Waals surface area contributed by atoms with Crippen LogP contribution in [-0.4, -0.2) is 39.3 Å². The fourth-order valence-electron chi connectivity index (χ4n) is 2.96. The molecular weight excluding hydrogens is 304 g/mol. The van der Waals surface area contributed by atoms with E-state index in [0.29, 0.717) is 0 Å². The number of amides is 1. The Morgan fingerprint density at radius 2 is 1.79 bits per heavy atom. The van der Waals surface area contributed by atoms with Gasteiger partial charge in [0.05, 0.1) is 14.2 Å². The van der Waals surface area contributed by atoms with Crippen molar-refractivity contribution in [3.63, 3.8) is 0 Å². The molecule has 0 spiro atoms. The summed E-state index contributed by atoms with van der Waals surface area (Å²) in [6.07, 6.45) is 4.72. The summed E-state index contributed by atoms with van der Waals surface area (Å²) < 4.78 is 10.7. The Balaban J connectivity index is 1.95. The second-order valence-electron chi connectivity index (χ2n) is 6.10. The molecule has 2 rings (SSSR count). The molecule has 24 heavy (non-hydrogen) atoms. The van der Waals surface area contributed by atoms with Crippen molar-refractivity contribution in [1.29, 1.82) is 0 Å². The zero-order valence-electron chi connectivity index (χ0n) is 15.1. The Bertz CT molecular complexity index is 568. The van der Waals surface area contributed by atoms with E-state index in [4.69, 9.17) is 9.47 Å². The molecule has 1 aromatic rings. The summed E-state index contributed by atoms with van der Waals surface area (Å²) in [7, 11) is 3.32. The van der Waals surface area contributed by atoms with Gasteiger partial charge in [-0.15, -0.1) is 0 Å². The van der Waals surface area contributed by atoms with E-state index >= 15 is 0 Å². The first-order valence-corrected chi connectivity index (χ1v) is 8.53. The number of rotatable bonds is 6. The van der Waals surface area contributed by atoms with Crippen molar-refractivity contribution < 1.29 is 14.3 Å². The van der Waals surface area contributed by atoms with Crippen molar-refractivity contribution in [3.05, 3.63) is 29.8 Å². The van der Waals surface area contributed by atoms with E-state index in [0.717, 1.165) is 55.1 Å². The fourth-order valence-corrected chi connectivity index (χ4v) is 2.96. The average Bonchev–Trinajstić information content (AvgIpc) is 2.62. The number of benzene rings is 1. The summed E-state index contributed by atoms with van der Waals surface area (Å²) in [4.78, 5) is 14.4. The number of nitrogens with one attached hydrogen (secondary N) is 1. The summed E-state index contributed by atoms with van der Waals surface area (Å²) in [6, 6.07) is 6.16. The van der Waals surface area contributed by atoms with Gasteiger partial charge in [0.25, 0.3) is 0 Å². The summed E-state index contributed by atoms with van der Waals surface area (Å²) >= 11 is 0. The van der Waals surface area contributed by atoms with Gasteiger partial charge in [0.1, 0.15) is 11.5 Å². The Labute approximate surface area is 144 Å². The highest BCUT2D eigenvalue weighted by molar-refractivity contribution is 5.92. The van der Waals surface area contributed by atoms with Gasteiger partial charge in [0.15, 0.2) is 0 Å². The molecule has 0 aliphatic carbocycles. The van der Waals surface area contributed by atoms with Crippen LogP contribution in [0.3, 0.4) is 0 Å². The number of hydrogen-bond donors (Lipinski definition) is 1. The lowest BCUT2D eigenvalue weighted by molar-refractivity contribution is -0.118. The predicted octanol–water partition coefficient (Wildman–Crippen LogP) is 3.15. The number of hydrogen-bond acceptors (Lipinski definition) is 4. The zero-order chi connectivity index (χ0) is 17.5. The van der Waals surface area contributed by atoms with E-state index in [1.807, 2.05) is 38.1 Å². The largest absolute Gasteiger partial charge is 0.497 e. The lowest BCUT2D eigenvalue weighted by Gasteiger charge is -2.34. The maximum Gasteiger partial charge on any atom is 0.246 e. The van der Waals surface area contributed by atoms with Crippen LogP contribution in [0.5, 0.6) is 11.5 Å². The normalized spacial score (nSPS) is 16.0. The van der Waals surface area contributed by atoms with E-state index in [-0.39, 0.29) is 11.9 Å². The molecule has 1 N–H and O–H groups in total. The maximum atomic E-state index is 12.1. The molecule has 0 saturated carbocycles. The van der Waals surface area contributed by atoms with Crippen LogP contribution in [0.1, 0.15) is 33.1 Å². The van der Waals surface area contributed by atoms with Gasteiger partial charge in [-0.25, -0.2) is 0 Å². The highest BCUT2D eigenvalue weighted by Gasteiger charge is 2.22. The predicted molar refractivity (Wildman–Crippen MR) is 97.0 cm³/mol. The van der Waals surface area contributed by atoms with Crippen molar-refractivity contribution in [3.8, 4) is 11.5 Å². The fraction of sp³-hybridized carbons (Fsp3) is 0.526. The van der Waals surface area contributed by atoms with Gasteiger partial charge in [-0.3, -0.25) is 4.79 Å². The van der Waals surface area contributed by atoms with Crippen molar-refractivity contribution in [2.24, 2.45) is 0 Å². The molecule has 0 aromatic heterocycles. The van der Waals surface area contributed by atoms with Crippen LogP contribution < -0.4 is 19.7 Å². The number of allylic oxidation sites excluding steroid dienone is 1. The number of nitrogens with zero attached hydrogens (tertiary/aromatic N) is 1. The minimum absolute atomic E-state index is 0.0540. The quantitative estimate of drug-likeness (QED) is 0.813. The molecule has 132 valence electrons. The van der Waals surface area contributed by atoms with Crippen LogP contribution in [0.15, 0.2) is 29.8 Å². The van der Waals surface area contributed by atoms with E-state index in [9.17, 15) is 4.79 Å². The Kier molecular flexibility index (Phi) is 6.53. The first-order chi connectivity index (χ1) is 11.6. The standard InChI is InChI=1S/C19H28N2O3/c1-5-6-14(2)19(22)20-15-7-9-21(10-8-15)16-11-17(23-3)13-18(12-16)24-4/h6,11-13,15H,5,7-10H2,1-4H3,(H,20,22). The van der Waals surface area contributed by atoms with E-state index < -0.39 is 0 Å². The van der Waals surface area contributed by atoms with Gasteiger partial charge >= 0.3 is 0 Å². The molecule has 0 atom stereocenters. The number of piperidine rings is 1. The monoisotopic (exact) mass is 332 g/mol. The minimum Gasteiger partial charge on any atom is -0.497 e. The van der Waals surface area contributed by atoms with Crippen molar-refractivity contribution in [2.75, 3.05) is 32.2 Å². The van der Waals surface area contributed by atoms with E-state index in [2.05, 4.69) is 10.2 Å². The van der Waals surface area contributed by atoms with Crippen LogP contribution >= 0.6 is 0 Å². The number of carbonyl (C=O) groups is 1. The second-order valence-corrected chi connectivity index (χ2v) is 6.10. The van der Waals surface area contributed by atoms with Crippen molar-refractivity contribution >= 4 is 11.6 Å². The first kappa shape index (κ1) is 18.2. The van der Waals surface area contributed by atoms with Gasteiger partial charge in [0, 0.05) is 48.6 Å². The molecule has 1 saturated heterocycles. The molecule has 0 radical (unpaired) electrons. The molecule has 5 heteroatoms. The lowest BCUT2D eigenvalue weighted by Crippen LogP contribution is -2.45. The second kappa shape index (κ2) is 8.62. The molecular formula is C19H28N2O3. The lowest BCUT2D eigenvalue weighted by atomic mass is 10.0. The van der Waals surface area contributed by atoms with Gasteiger partial charge in [0.2, 0.25) is 5.91 Å². The number of anilines is 1. The minimum atomic E-state index is 0.0540. The summed E-state index contributed by atoms with van der Waals surface area (Å²) in [6.45, 7) is 5.71. The molecule has 1 amide bonds. The van der Waals surface area contributed by atoms with Crippen LogP contribution in [0, 0.1) is 0 Å².